The Kier molecular flexibility index (Phi) is 6.76. The van der Waals surface area contributed by atoms with Crippen molar-refractivity contribution in [2.45, 2.75) is 47.7 Å². The molecular formula is C16H18N4OS4. The van der Waals surface area contributed by atoms with Crippen LogP contribution in [0.5, 0.6) is 0 Å². The molecule has 132 valence electrons. The standard InChI is InChI=1S/C16H18N4OS4/c1-2-22-15-19-20-16(25-15)23-9-13(21)18-14-11(8-17)10-6-4-3-5-7-12(10)24-14/h2-7,9H2,1H3,(H,18,21). The van der Waals surface area contributed by atoms with E-state index in [0.717, 1.165) is 45.7 Å². The number of nitriles is 1. The van der Waals surface area contributed by atoms with Gasteiger partial charge in [0.15, 0.2) is 8.68 Å². The molecule has 3 rings (SSSR count). The maximum atomic E-state index is 12.3. The Bertz CT molecular complexity index is 793. The highest BCUT2D eigenvalue weighted by molar-refractivity contribution is 8.03. The van der Waals surface area contributed by atoms with E-state index < -0.39 is 0 Å². The highest BCUT2D eigenvalue weighted by atomic mass is 32.2. The first-order valence-corrected chi connectivity index (χ1v) is 11.7. The summed E-state index contributed by atoms with van der Waals surface area (Å²) in [5.41, 5.74) is 1.82. The number of rotatable bonds is 6. The largest absolute Gasteiger partial charge is 0.316 e. The number of carbonyl (C=O) groups excluding carboxylic acids is 1. The maximum absolute atomic E-state index is 12.3. The first kappa shape index (κ1) is 18.7. The molecule has 25 heavy (non-hydrogen) atoms. The lowest BCUT2D eigenvalue weighted by Gasteiger charge is -2.02. The number of hydrogen-bond donors (Lipinski definition) is 1. The number of nitrogens with one attached hydrogen (secondary N) is 1. The minimum Gasteiger partial charge on any atom is -0.316 e. The SMILES string of the molecule is CCSc1nnc(SCC(=O)Nc2sc3c(c2C#N)CCCCC3)s1. The summed E-state index contributed by atoms with van der Waals surface area (Å²) in [6, 6.07) is 2.29. The third kappa shape index (κ3) is 4.76. The van der Waals surface area contributed by atoms with Gasteiger partial charge in [-0.15, -0.1) is 21.5 Å². The van der Waals surface area contributed by atoms with E-state index >= 15 is 0 Å². The minimum absolute atomic E-state index is 0.0993. The van der Waals surface area contributed by atoms with Gasteiger partial charge >= 0.3 is 0 Å². The third-order valence-corrected chi connectivity index (χ3v) is 8.05. The highest BCUT2D eigenvalue weighted by Crippen LogP contribution is 2.37. The number of hydrogen-bond acceptors (Lipinski definition) is 8. The fourth-order valence-corrected chi connectivity index (χ4v) is 6.65. The number of carbonyl (C=O) groups is 1. The normalized spacial score (nSPS) is 13.8. The molecule has 0 bridgehead atoms. The topological polar surface area (TPSA) is 78.7 Å². The smallest absolute Gasteiger partial charge is 0.235 e. The fraction of sp³-hybridized carbons (Fsp3) is 0.500. The number of thioether (sulfide) groups is 2. The zero-order chi connectivity index (χ0) is 17.6. The van der Waals surface area contributed by atoms with E-state index in [1.54, 1.807) is 23.1 Å². The first-order valence-electron chi connectivity index (χ1n) is 8.14. The molecule has 0 fully saturated rings. The quantitative estimate of drug-likeness (QED) is 0.554. The van der Waals surface area contributed by atoms with Crippen LogP contribution in [0.3, 0.4) is 0 Å². The number of aryl methyl sites for hydroxylation is 1. The molecule has 1 aliphatic carbocycles. The van der Waals surface area contributed by atoms with E-state index in [4.69, 9.17) is 0 Å². The first-order chi connectivity index (χ1) is 12.2. The van der Waals surface area contributed by atoms with Crippen molar-refractivity contribution in [1.29, 1.82) is 5.26 Å². The molecule has 2 heterocycles. The van der Waals surface area contributed by atoms with Crippen molar-refractivity contribution in [2.24, 2.45) is 0 Å². The van der Waals surface area contributed by atoms with Crippen LogP contribution < -0.4 is 5.32 Å². The van der Waals surface area contributed by atoms with Crippen molar-refractivity contribution >= 4 is 57.1 Å². The van der Waals surface area contributed by atoms with Gasteiger partial charge in [-0.1, -0.05) is 48.2 Å². The molecule has 0 saturated heterocycles. The molecule has 0 spiro atoms. The Balaban J connectivity index is 1.62. The van der Waals surface area contributed by atoms with Gasteiger partial charge in [0.2, 0.25) is 5.91 Å². The van der Waals surface area contributed by atoms with Crippen LogP contribution in [0.2, 0.25) is 0 Å². The average molecular weight is 411 g/mol. The van der Waals surface area contributed by atoms with Crippen LogP contribution in [0.1, 0.15) is 42.2 Å². The van der Waals surface area contributed by atoms with Crippen LogP contribution in [-0.4, -0.2) is 27.6 Å². The Morgan fingerprint density at radius 3 is 2.72 bits per heavy atom. The Hall–Kier alpha value is -1.08. The van der Waals surface area contributed by atoms with Crippen LogP contribution >= 0.6 is 46.2 Å². The second kappa shape index (κ2) is 9.03. The predicted molar refractivity (Wildman–Crippen MR) is 106 cm³/mol. The van der Waals surface area contributed by atoms with Crippen molar-refractivity contribution < 1.29 is 4.79 Å². The minimum atomic E-state index is -0.0993. The van der Waals surface area contributed by atoms with Crippen LogP contribution in [-0.2, 0) is 17.6 Å². The summed E-state index contributed by atoms with van der Waals surface area (Å²) in [5, 5.41) is 21.3. The summed E-state index contributed by atoms with van der Waals surface area (Å²) in [5.74, 6) is 1.14. The number of amides is 1. The third-order valence-electron chi connectivity index (χ3n) is 3.77. The van der Waals surface area contributed by atoms with E-state index in [1.165, 1.54) is 34.4 Å². The fourth-order valence-electron chi connectivity index (χ4n) is 2.68. The van der Waals surface area contributed by atoms with E-state index in [1.807, 2.05) is 0 Å². The molecule has 1 aliphatic rings. The van der Waals surface area contributed by atoms with Gasteiger partial charge in [0.05, 0.1) is 11.3 Å². The van der Waals surface area contributed by atoms with Crippen LogP contribution in [0.4, 0.5) is 5.00 Å². The van der Waals surface area contributed by atoms with Crippen LogP contribution in [0.15, 0.2) is 8.68 Å². The molecule has 1 N–H and O–H groups in total. The van der Waals surface area contributed by atoms with E-state index in [9.17, 15) is 10.1 Å². The van der Waals surface area contributed by atoms with Crippen molar-refractivity contribution in [3.05, 3.63) is 16.0 Å². The van der Waals surface area contributed by atoms with E-state index in [2.05, 4.69) is 28.5 Å². The number of thiophene rings is 1. The molecule has 2 aromatic rings. The zero-order valence-electron chi connectivity index (χ0n) is 13.8. The lowest BCUT2D eigenvalue weighted by molar-refractivity contribution is -0.113. The van der Waals surface area contributed by atoms with Crippen molar-refractivity contribution in [3.8, 4) is 6.07 Å². The maximum Gasteiger partial charge on any atom is 0.235 e. The molecule has 0 aromatic carbocycles. The second-order valence-electron chi connectivity index (χ2n) is 5.48. The van der Waals surface area contributed by atoms with Gasteiger partial charge < -0.3 is 5.32 Å². The second-order valence-corrected chi connectivity index (χ2v) is 10.3. The van der Waals surface area contributed by atoms with E-state index in [-0.39, 0.29) is 11.7 Å². The molecular weight excluding hydrogens is 392 g/mol. The summed E-state index contributed by atoms with van der Waals surface area (Å²) in [6.07, 6.45) is 5.46. The Labute approximate surface area is 163 Å². The monoisotopic (exact) mass is 410 g/mol. The van der Waals surface area contributed by atoms with Crippen molar-refractivity contribution in [1.82, 2.24) is 10.2 Å². The number of fused-ring (bicyclic) bond motifs is 1. The van der Waals surface area contributed by atoms with Crippen LogP contribution in [0.25, 0.3) is 0 Å². The molecule has 0 radical (unpaired) electrons. The predicted octanol–water partition coefficient (Wildman–Crippen LogP) is 4.58. The molecule has 1 amide bonds. The highest BCUT2D eigenvalue weighted by Gasteiger charge is 2.21. The van der Waals surface area contributed by atoms with Gasteiger partial charge in [-0.2, -0.15) is 5.26 Å². The number of aromatic nitrogens is 2. The molecule has 2 aromatic heterocycles. The van der Waals surface area contributed by atoms with Gasteiger partial charge in [0, 0.05) is 4.88 Å². The van der Waals surface area contributed by atoms with Crippen LogP contribution in [0, 0.1) is 11.3 Å². The molecule has 0 saturated carbocycles. The van der Waals surface area contributed by atoms with Gasteiger partial charge in [0.1, 0.15) is 11.1 Å². The van der Waals surface area contributed by atoms with Gasteiger partial charge in [-0.05, 0) is 37.0 Å². The average Bonchev–Trinajstić information content (AvgIpc) is 3.10. The Morgan fingerprint density at radius 2 is 1.96 bits per heavy atom. The summed E-state index contributed by atoms with van der Waals surface area (Å²) < 4.78 is 1.73. The number of nitrogens with zero attached hydrogens (tertiary/aromatic N) is 3. The van der Waals surface area contributed by atoms with E-state index in [0.29, 0.717) is 10.6 Å². The van der Waals surface area contributed by atoms with Crippen molar-refractivity contribution in [2.75, 3.05) is 16.8 Å². The van der Waals surface area contributed by atoms with Gasteiger partial charge in [-0.3, -0.25) is 4.79 Å². The van der Waals surface area contributed by atoms with Gasteiger partial charge in [0.25, 0.3) is 0 Å². The molecule has 9 heteroatoms. The number of anilines is 1. The van der Waals surface area contributed by atoms with Gasteiger partial charge in [-0.25, -0.2) is 0 Å². The summed E-state index contributed by atoms with van der Waals surface area (Å²) in [7, 11) is 0. The lowest BCUT2D eigenvalue weighted by atomic mass is 10.1. The lowest BCUT2D eigenvalue weighted by Crippen LogP contribution is -2.13. The summed E-state index contributed by atoms with van der Waals surface area (Å²) in [6.45, 7) is 2.07. The molecule has 0 unspecified atom stereocenters. The summed E-state index contributed by atoms with van der Waals surface area (Å²) in [4.78, 5) is 13.5. The zero-order valence-corrected chi connectivity index (χ0v) is 17.1. The summed E-state index contributed by atoms with van der Waals surface area (Å²) >= 11 is 6.12. The molecule has 0 atom stereocenters. The van der Waals surface area contributed by atoms with Crippen molar-refractivity contribution in [3.63, 3.8) is 0 Å². The Morgan fingerprint density at radius 1 is 1.20 bits per heavy atom. The molecule has 5 nitrogen and oxygen atoms in total. The molecule has 0 aliphatic heterocycles.